The number of ether oxygens (including phenoxy) is 1. The van der Waals surface area contributed by atoms with Gasteiger partial charge in [0.1, 0.15) is 12.1 Å². The molecule has 1 unspecified atom stereocenters. The summed E-state index contributed by atoms with van der Waals surface area (Å²) in [6, 6.07) is 2.30. The zero-order chi connectivity index (χ0) is 12.1. The maximum atomic E-state index is 5.41. The number of anilines is 1. The van der Waals surface area contributed by atoms with E-state index in [1.807, 2.05) is 6.07 Å². The Bertz CT molecular complexity index is 358. The molecule has 1 fully saturated rings. The predicted molar refractivity (Wildman–Crippen MR) is 67.1 cm³/mol. The SMILES string of the molecule is CCCc1cc(NC2CNC[C@@H]2OC)ncn1. The topological polar surface area (TPSA) is 59.1 Å². The molecular weight excluding hydrogens is 216 g/mol. The van der Waals surface area contributed by atoms with Crippen LogP contribution >= 0.6 is 0 Å². The third kappa shape index (κ3) is 3.14. The zero-order valence-corrected chi connectivity index (χ0v) is 10.4. The van der Waals surface area contributed by atoms with Crippen LogP contribution in [0.2, 0.25) is 0 Å². The van der Waals surface area contributed by atoms with Crippen molar-refractivity contribution in [1.82, 2.24) is 15.3 Å². The average Bonchev–Trinajstić information content (AvgIpc) is 2.77. The third-order valence-electron chi connectivity index (χ3n) is 3.02. The van der Waals surface area contributed by atoms with Gasteiger partial charge in [-0.25, -0.2) is 9.97 Å². The Kier molecular flexibility index (Phi) is 4.28. The van der Waals surface area contributed by atoms with Crippen molar-refractivity contribution in [2.75, 3.05) is 25.5 Å². The van der Waals surface area contributed by atoms with Crippen molar-refractivity contribution in [3.8, 4) is 0 Å². The minimum atomic E-state index is 0.208. The van der Waals surface area contributed by atoms with Crippen molar-refractivity contribution in [3.63, 3.8) is 0 Å². The third-order valence-corrected chi connectivity index (χ3v) is 3.02. The Hall–Kier alpha value is -1.20. The lowest BCUT2D eigenvalue weighted by molar-refractivity contribution is 0.111. The molecule has 2 rings (SSSR count). The summed E-state index contributed by atoms with van der Waals surface area (Å²) < 4.78 is 5.41. The van der Waals surface area contributed by atoms with Crippen LogP contribution in [0.3, 0.4) is 0 Å². The largest absolute Gasteiger partial charge is 0.378 e. The van der Waals surface area contributed by atoms with Crippen molar-refractivity contribution >= 4 is 5.82 Å². The normalized spacial score (nSPS) is 23.9. The van der Waals surface area contributed by atoms with Crippen LogP contribution in [-0.4, -0.2) is 42.3 Å². The Labute approximate surface area is 102 Å². The van der Waals surface area contributed by atoms with Crippen LogP contribution in [-0.2, 0) is 11.2 Å². The summed E-state index contributed by atoms with van der Waals surface area (Å²) in [7, 11) is 1.74. The number of nitrogens with one attached hydrogen (secondary N) is 2. The molecule has 0 bridgehead atoms. The first-order valence-corrected chi connectivity index (χ1v) is 6.14. The molecule has 1 aliphatic rings. The molecule has 0 aliphatic carbocycles. The van der Waals surface area contributed by atoms with Crippen molar-refractivity contribution in [2.24, 2.45) is 0 Å². The van der Waals surface area contributed by atoms with Crippen molar-refractivity contribution in [3.05, 3.63) is 18.1 Å². The van der Waals surface area contributed by atoms with Gasteiger partial charge < -0.3 is 15.4 Å². The molecule has 0 spiro atoms. The number of nitrogens with zero attached hydrogens (tertiary/aromatic N) is 2. The summed E-state index contributed by atoms with van der Waals surface area (Å²) in [5, 5.41) is 6.70. The Morgan fingerprint density at radius 2 is 2.35 bits per heavy atom. The van der Waals surface area contributed by atoms with Gasteiger partial charge >= 0.3 is 0 Å². The van der Waals surface area contributed by atoms with Gasteiger partial charge in [0.2, 0.25) is 0 Å². The minimum absolute atomic E-state index is 0.208. The van der Waals surface area contributed by atoms with Gasteiger partial charge in [0.25, 0.3) is 0 Å². The van der Waals surface area contributed by atoms with E-state index < -0.39 is 0 Å². The first-order chi connectivity index (χ1) is 8.33. The van der Waals surface area contributed by atoms with Gasteiger partial charge in [0, 0.05) is 32.0 Å². The molecule has 1 aliphatic heterocycles. The Morgan fingerprint density at radius 1 is 1.47 bits per heavy atom. The number of hydrogen-bond donors (Lipinski definition) is 2. The van der Waals surface area contributed by atoms with E-state index in [2.05, 4.69) is 27.5 Å². The molecule has 2 N–H and O–H groups in total. The number of rotatable bonds is 5. The maximum Gasteiger partial charge on any atom is 0.129 e. The van der Waals surface area contributed by atoms with E-state index in [4.69, 9.17) is 4.74 Å². The minimum Gasteiger partial charge on any atom is -0.378 e. The second-order valence-corrected chi connectivity index (χ2v) is 4.33. The van der Waals surface area contributed by atoms with Crippen LogP contribution in [0.5, 0.6) is 0 Å². The Balaban J connectivity index is 2.00. The average molecular weight is 236 g/mol. The fourth-order valence-corrected chi connectivity index (χ4v) is 2.11. The van der Waals surface area contributed by atoms with Crippen molar-refractivity contribution < 1.29 is 4.74 Å². The van der Waals surface area contributed by atoms with Gasteiger partial charge in [-0.2, -0.15) is 0 Å². The molecule has 0 aromatic carbocycles. The maximum absolute atomic E-state index is 5.41. The standard InChI is InChI=1S/C12H20N4O/c1-3-4-9-5-12(15-8-14-9)16-10-6-13-7-11(10)17-2/h5,8,10-11,13H,3-4,6-7H2,1-2H3,(H,14,15,16)/t10?,11-/m0/s1. The summed E-state index contributed by atoms with van der Waals surface area (Å²) in [5.41, 5.74) is 1.09. The highest BCUT2D eigenvalue weighted by Crippen LogP contribution is 2.12. The van der Waals surface area contributed by atoms with E-state index in [1.54, 1.807) is 13.4 Å². The Morgan fingerprint density at radius 3 is 3.12 bits per heavy atom. The van der Waals surface area contributed by atoms with Gasteiger partial charge in [-0.15, -0.1) is 0 Å². The highest BCUT2D eigenvalue weighted by atomic mass is 16.5. The van der Waals surface area contributed by atoms with Crippen LogP contribution in [0.4, 0.5) is 5.82 Å². The van der Waals surface area contributed by atoms with Gasteiger partial charge in [0.15, 0.2) is 0 Å². The molecule has 5 nitrogen and oxygen atoms in total. The molecule has 94 valence electrons. The van der Waals surface area contributed by atoms with Crippen molar-refractivity contribution in [1.29, 1.82) is 0 Å². The van der Waals surface area contributed by atoms with Gasteiger partial charge in [-0.05, 0) is 6.42 Å². The molecule has 0 saturated carbocycles. The summed E-state index contributed by atoms with van der Waals surface area (Å²) >= 11 is 0. The monoisotopic (exact) mass is 236 g/mol. The van der Waals surface area contributed by atoms with E-state index in [0.29, 0.717) is 0 Å². The quantitative estimate of drug-likeness (QED) is 0.793. The van der Waals surface area contributed by atoms with Gasteiger partial charge in [0.05, 0.1) is 12.1 Å². The summed E-state index contributed by atoms with van der Waals surface area (Å²) in [5.74, 6) is 0.888. The summed E-state index contributed by atoms with van der Waals surface area (Å²) in [4.78, 5) is 8.49. The van der Waals surface area contributed by atoms with E-state index >= 15 is 0 Å². The predicted octanol–water partition coefficient (Wildman–Crippen LogP) is 0.828. The molecule has 0 amide bonds. The summed E-state index contributed by atoms with van der Waals surface area (Å²) in [6.45, 7) is 3.95. The molecule has 1 aromatic rings. The van der Waals surface area contributed by atoms with E-state index in [0.717, 1.165) is 37.4 Å². The molecule has 2 atom stereocenters. The molecule has 5 heteroatoms. The van der Waals surface area contributed by atoms with E-state index in [9.17, 15) is 0 Å². The lowest BCUT2D eigenvalue weighted by atomic mass is 10.2. The lowest BCUT2D eigenvalue weighted by Crippen LogP contribution is -2.33. The fraction of sp³-hybridized carbons (Fsp3) is 0.667. The first kappa shape index (κ1) is 12.3. The lowest BCUT2D eigenvalue weighted by Gasteiger charge is -2.19. The van der Waals surface area contributed by atoms with Crippen LogP contribution in [0.25, 0.3) is 0 Å². The van der Waals surface area contributed by atoms with Crippen LogP contribution in [0, 0.1) is 0 Å². The first-order valence-electron chi connectivity index (χ1n) is 6.14. The number of methoxy groups -OCH3 is 1. The number of aromatic nitrogens is 2. The van der Waals surface area contributed by atoms with Crippen molar-refractivity contribution in [2.45, 2.75) is 31.9 Å². The molecule has 1 saturated heterocycles. The number of hydrogen-bond acceptors (Lipinski definition) is 5. The van der Waals surface area contributed by atoms with Gasteiger partial charge in [-0.3, -0.25) is 0 Å². The second-order valence-electron chi connectivity index (χ2n) is 4.33. The second kappa shape index (κ2) is 5.93. The summed E-state index contributed by atoms with van der Waals surface area (Å²) in [6.07, 6.45) is 3.92. The zero-order valence-electron chi connectivity index (χ0n) is 10.4. The molecule has 0 radical (unpaired) electrons. The molecule has 1 aromatic heterocycles. The van der Waals surface area contributed by atoms with E-state index in [-0.39, 0.29) is 12.1 Å². The highest BCUT2D eigenvalue weighted by molar-refractivity contribution is 5.37. The molecule has 17 heavy (non-hydrogen) atoms. The van der Waals surface area contributed by atoms with Crippen LogP contribution in [0.1, 0.15) is 19.0 Å². The van der Waals surface area contributed by atoms with Gasteiger partial charge in [-0.1, -0.05) is 13.3 Å². The van der Waals surface area contributed by atoms with Crippen LogP contribution in [0.15, 0.2) is 12.4 Å². The number of aryl methyl sites for hydroxylation is 1. The van der Waals surface area contributed by atoms with Crippen LogP contribution < -0.4 is 10.6 Å². The molecular formula is C12H20N4O. The van der Waals surface area contributed by atoms with E-state index in [1.165, 1.54) is 0 Å². The molecule has 2 heterocycles. The fourth-order valence-electron chi connectivity index (χ4n) is 2.11. The highest BCUT2D eigenvalue weighted by Gasteiger charge is 2.26. The smallest absolute Gasteiger partial charge is 0.129 e.